The van der Waals surface area contributed by atoms with Crippen molar-refractivity contribution < 1.29 is 4.79 Å². The van der Waals surface area contributed by atoms with Gasteiger partial charge in [0.1, 0.15) is 0 Å². The fourth-order valence-electron chi connectivity index (χ4n) is 1.69. The molecule has 1 atom stereocenters. The minimum Gasteiger partial charge on any atom is -0.293 e. The second-order valence-corrected chi connectivity index (χ2v) is 5.30. The zero-order chi connectivity index (χ0) is 12.3. The standard InChI is InChI=1S/C15H13BrO/c1-11(16)15(17)14-9-7-13(8-10-14)12-5-3-2-4-6-12/h2-11H,1H3/t11-/m0/s1. The molecule has 0 heterocycles. The highest BCUT2D eigenvalue weighted by molar-refractivity contribution is 9.10. The summed E-state index contributed by atoms with van der Waals surface area (Å²) in [4.78, 5) is 11.6. The lowest BCUT2D eigenvalue weighted by atomic mass is 10.0. The van der Waals surface area contributed by atoms with Crippen molar-refractivity contribution in [1.29, 1.82) is 0 Å². The van der Waals surface area contributed by atoms with Crippen LogP contribution in [0.25, 0.3) is 11.1 Å². The second kappa shape index (κ2) is 5.28. The molecule has 2 aromatic carbocycles. The molecule has 2 aromatic rings. The van der Waals surface area contributed by atoms with Crippen LogP contribution in [0.4, 0.5) is 0 Å². The number of carbonyl (C=O) groups excluding carboxylic acids is 1. The van der Waals surface area contributed by atoms with Gasteiger partial charge in [0.2, 0.25) is 0 Å². The van der Waals surface area contributed by atoms with E-state index in [0.29, 0.717) is 0 Å². The number of hydrogen-bond donors (Lipinski definition) is 0. The molecule has 0 spiro atoms. The number of hydrogen-bond acceptors (Lipinski definition) is 1. The molecule has 0 aliphatic carbocycles. The van der Waals surface area contributed by atoms with Gasteiger partial charge in [-0.15, -0.1) is 0 Å². The minimum absolute atomic E-state index is 0.115. The lowest BCUT2D eigenvalue weighted by Crippen LogP contribution is -2.09. The predicted molar refractivity (Wildman–Crippen MR) is 74.6 cm³/mol. The molecular formula is C15H13BrO. The van der Waals surface area contributed by atoms with Crippen LogP contribution in [0.2, 0.25) is 0 Å². The molecule has 0 unspecified atom stereocenters. The Labute approximate surface area is 110 Å². The van der Waals surface area contributed by atoms with Crippen molar-refractivity contribution in [1.82, 2.24) is 0 Å². The van der Waals surface area contributed by atoms with Crippen molar-refractivity contribution in [2.45, 2.75) is 11.8 Å². The number of halogens is 1. The Kier molecular flexibility index (Phi) is 3.75. The molecule has 0 bridgehead atoms. The largest absolute Gasteiger partial charge is 0.293 e. The molecule has 0 aromatic heterocycles. The molecule has 17 heavy (non-hydrogen) atoms. The van der Waals surface area contributed by atoms with E-state index in [1.807, 2.05) is 49.4 Å². The van der Waals surface area contributed by atoms with Gasteiger partial charge in [-0.05, 0) is 18.1 Å². The Morgan fingerprint density at radius 1 is 0.941 bits per heavy atom. The molecule has 86 valence electrons. The molecule has 2 heteroatoms. The van der Waals surface area contributed by atoms with Crippen molar-refractivity contribution in [2.75, 3.05) is 0 Å². The maximum atomic E-state index is 11.7. The van der Waals surface area contributed by atoms with E-state index < -0.39 is 0 Å². The van der Waals surface area contributed by atoms with Crippen LogP contribution >= 0.6 is 15.9 Å². The Balaban J connectivity index is 2.28. The van der Waals surface area contributed by atoms with E-state index in [1.54, 1.807) is 0 Å². The third-order valence-electron chi connectivity index (χ3n) is 2.64. The quantitative estimate of drug-likeness (QED) is 0.607. The predicted octanol–water partition coefficient (Wildman–Crippen LogP) is 4.32. The fraction of sp³-hybridized carbons (Fsp3) is 0.133. The summed E-state index contributed by atoms with van der Waals surface area (Å²) < 4.78 is 0. The zero-order valence-electron chi connectivity index (χ0n) is 9.56. The zero-order valence-corrected chi connectivity index (χ0v) is 11.1. The van der Waals surface area contributed by atoms with Crippen LogP contribution in [0.1, 0.15) is 17.3 Å². The van der Waals surface area contributed by atoms with E-state index >= 15 is 0 Å². The van der Waals surface area contributed by atoms with E-state index in [-0.39, 0.29) is 10.6 Å². The number of Topliss-reactive ketones (excluding diaryl/α,β-unsaturated/α-hetero) is 1. The second-order valence-electron chi connectivity index (χ2n) is 3.92. The van der Waals surface area contributed by atoms with Gasteiger partial charge in [0, 0.05) is 5.56 Å². The van der Waals surface area contributed by atoms with Crippen molar-refractivity contribution in [3.8, 4) is 11.1 Å². The summed E-state index contributed by atoms with van der Waals surface area (Å²) in [5.41, 5.74) is 3.04. The molecule has 0 saturated heterocycles. The summed E-state index contributed by atoms with van der Waals surface area (Å²) in [6, 6.07) is 17.9. The van der Waals surface area contributed by atoms with Crippen molar-refractivity contribution in [3.05, 3.63) is 60.2 Å². The van der Waals surface area contributed by atoms with Crippen LogP contribution in [-0.2, 0) is 0 Å². The first-order valence-electron chi connectivity index (χ1n) is 5.52. The number of carbonyl (C=O) groups is 1. The average molecular weight is 289 g/mol. The Morgan fingerprint density at radius 3 is 2.00 bits per heavy atom. The Hall–Kier alpha value is -1.41. The lowest BCUT2D eigenvalue weighted by molar-refractivity contribution is 0.0996. The normalized spacial score (nSPS) is 12.1. The smallest absolute Gasteiger partial charge is 0.176 e. The van der Waals surface area contributed by atoms with Gasteiger partial charge in [0.05, 0.1) is 4.83 Å². The fourth-order valence-corrected chi connectivity index (χ4v) is 1.95. The summed E-state index contributed by atoms with van der Waals surface area (Å²) in [6.07, 6.45) is 0. The molecule has 0 fully saturated rings. The van der Waals surface area contributed by atoms with Gasteiger partial charge >= 0.3 is 0 Å². The Bertz CT molecular complexity index is 500. The van der Waals surface area contributed by atoms with Gasteiger partial charge in [-0.3, -0.25) is 4.79 Å². The number of rotatable bonds is 3. The van der Waals surface area contributed by atoms with E-state index in [2.05, 4.69) is 28.1 Å². The summed E-state index contributed by atoms with van der Waals surface area (Å²) in [5.74, 6) is 0.115. The summed E-state index contributed by atoms with van der Waals surface area (Å²) in [7, 11) is 0. The molecule has 0 aliphatic heterocycles. The molecule has 2 rings (SSSR count). The highest BCUT2D eigenvalue weighted by Crippen LogP contribution is 2.20. The van der Waals surface area contributed by atoms with Gasteiger partial charge in [-0.25, -0.2) is 0 Å². The minimum atomic E-state index is -0.134. The molecule has 0 amide bonds. The molecule has 0 radical (unpaired) electrons. The van der Waals surface area contributed by atoms with E-state index in [0.717, 1.165) is 11.1 Å². The molecular weight excluding hydrogens is 276 g/mol. The first kappa shape index (κ1) is 12.1. The molecule has 0 saturated carbocycles. The SMILES string of the molecule is C[C@H](Br)C(=O)c1ccc(-c2ccccc2)cc1. The number of ketones is 1. The highest BCUT2D eigenvalue weighted by Gasteiger charge is 2.11. The van der Waals surface area contributed by atoms with Gasteiger partial charge in [-0.2, -0.15) is 0 Å². The van der Waals surface area contributed by atoms with Crippen molar-refractivity contribution in [3.63, 3.8) is 0 Å². The average Bonchev–Trinajstić information content (AvgIpc) is 2.39. The van der Waals surface area contributed by atoms with Crippen LogP contribution in [0.5, 0.6) is 0 Å². The van der Waals surface area contributed by atoms with Crippen LogP contribution in [-0.4, -0.2) is 10.6 Å². The van der Waals surface area contributed by atoms with E-state index in [4.69, 9.17) is 0 Å². The summed E-state index contributed by atoms with van der Waals surface area (Å²) in [5, 5.41) is 0. The van der Waals surface area contributed by atoms with Crippen LogP contribution in [0.15, 0.2) is 54.6 Å². The van der Waals surface area contributed by atoms with Gasteiger partial charge in [0.25, 0.3) is 0 Å². The number of alkyl halides is 1. The van der Waals surface area contributed by atoms with Crippen LogP contribution in [0, 0.1) is 0 Å². The maximum absolute atomic E-state index is 11.7. The van der Waals surface area contributed by atoms with Gasteiger partial charge < -0.3 is 0 Å². The van der Waals surface area contributed by atoms with E-state index in [1.165, 1.54) is 5.56 Å². The van der Waals surface area contributed by atoms with Gasteiger partial charge in [0.15, 0.2) is 5.78 Å². The highest BCUT2D eigenvalue weighted by atomic mass is 79.9. The van der Waals surface area contributed by atoms with E-state index in [9.17, 15) is 4.79 Å². The lowest BCUT2D eigenvalue weighted by Gasteiger charge is -2.05. The van der Waals surface area contributed by atoms with Crippen molar-refractivity contribution in [2.24, 2.45) is 0 Å². The third-order valence-corrected chi connectivity index (χ3v) is 3.05. The monoisotopic (exact) mass is 288 g/mol. The Morgan fingerprint density at radius 2 is 1.47 bits per heavy atom. The summed E-state index contributed by atoms with van der Waals surface area (Å²) in [6.45, 7) is 1.84. The molecule has 0 aliphatic rings. The maximum Gasteiger partial charge on any atom is 0.176 e. The first-order chi connectivity index (χ1) is 8.18. The van der Waals surface area contributed by atoms with Crippen LogP contribution < -0.4 is 0 Å². The summed E-state index contributed by atoms with van der Waals surface area (Å²) >= 11 is 3.29. The topological polar surface area (TPSA) is 17.1 Å². The third kappa shape index (κ3) is 2.83. The van der Waals surface area contributed by atoms with Gasteiger partial charge in [-0.1, -0.05) is 70.5 Å². The molecule has 1 nitrogen and oxygen atoms in total. The number of benzene rings is 2. The first-order valence-corrected chi connectivity index (χ1v) is 6.44. The molecule has 0 N–H and O–H groups in total. The van der Waals surface area contributed by atoms with Crippen molar-refractivity contribution >= 4 is 21.7 Å². The van der Waals surface area contributed by atoms with Crippen LogP contribution in [0.3, 0.4) is 0 Å².